The maximum absolute atomic E-state index is 14.4. The number of nitrogens with one attached hydrogen (secondary N) is 2. The molecule has 0 aliphatic heterocycles. The van der Waals surface area contributed by atoms with Crippen LogP contribution in [0.2, 0.25) is 0 Å². The third kappa shape index (κ3) is 9.90. The summed E-state index contributed by atoms with van der Waals surface area (Å²) in [5, 5.41) is 6.33. The zero-order valence-corrected chi connectivity index (χ0v) is 20.6. The smallest absolute Gasteiger partial charge is 0.191 e. The zero-order valence-electron chi connectivity index (χ0n) is 17.5. The fourth-order valence-corrected chi connectivity index (χ4v) is 3.44. The Balaban J connectivity index is 0.00000729. The number of anilines is 1. The molecule has 0 bridgehead atoms. The van der Waals surface area contributed by atoms with Gasteiger partial charge in [-0.1, -0.05) is 6.07 Å². The van der Waals surface area contributed by atoms with Crippen molar-refractivity contribution in [3.05, 3.63) is 29.6 Å². The third-order valence-corrected chi connectivity index (χ3v) is 5.16. The second kappa shape index (κ2) is 13.2. The molecule has 1 unspecified atom stereocenters. The molecule has 0 aromatic heterocycles. The molecule has 0 spiro atoms. The largest absolute Gasteiger partial charge is 0.370 e. The molecular weight excluding hydrogens is 494 g/mol. The highest BCUT2D eigenvalue weighted by atomic mass is 127. The van der Waals surface area contributed by atoms with E-state index >= 15 is 0 Å². The van der Waals surface area contributed by atoms with Crippen molar-refractivity contribution >= 4 is 45.5 Å². The van der Waals surface area contributed by atoms with Crippen LogP contribution in [0.4, 0.5) is 10.1 Å². The first-order valence-corrected chi connectivity index (χ1v) is 11.5. The van der Waals surface area contributed by atoms with E-state index < -0.39 is 9.84 Å². The number of halogens is 2. The van der Waals surface area contributed by atoms with Gasteiger partial charge in [0.1, 0.15) is 15.7 Å². The van der Waals surface area contributed by atoms with Gasteiger partial charge in [0, 0.05) is 31.9 Å². The molecule has 0 amide bonds. The van der Waals surface area contributed by atoms with E-state index in [0.29, 0.717) is 31.2 Å². The molecule has 0 fully saturated rings. The zero-order chi connectivity index (χ0) is 20.4. The average molecular weight is 528 g/mol. The lowest BCUT2D eigenvalue weighted by Crippen LogP contribution is -2.42. The fraction of sp³-hybridized carbons (Fsp3) is 0.632. The van der Waals surface area contributed by atoms with Crippen LogP contribution >= 0.6 is 24.0 Å². The van der Waals surface area contributed by atoms with Gasteiger partial charge in [-0.3, -0.25) is 0 Å². The van der Waals surface area contributed by atoms with E-state index in [1.54, 1.807) is 6.07 Å². The van der Waals surface area contributed by atoms with E-state index in [1.807, 2.05) is 38.7 Å². The lowest BCUT2D eigenvalue weighted by molar-refractivity contribution is 0.581. The minimum Gasteiger partial charge on any atom is -0.370 e. The van der Waals surface area contributed by atoms with Crippen LogP contribution in [0.5, 0.6) is 0 Å². The average Bonchev–Trinajstić information content (AvgIpc) is 2.60. The van der Waals surface area contributed by atoms with Crippen molar-refractivity contribution in [1.29, 1.82) is 0 Å². The van der Waals surface area contributed by atoms with Gasteiger partial charge in [0.15, 0.2) is 5.96 Å². The SMILES string of the molecule is CCNC(=NCc1ccc(N(CC)CC)c(F)c1)NC(C)CCS(C)(=O)=O.I. The Hall–Kier alpha value is -1.10. The Morgan fingerprint density at radius 1 is 1.25 bits per heavy atom. The number of rotatable bonds is 10. The Morgan fingerprint density at radius 2 is 1.89 bits per heavy atom. The number of sulfone groups is 1. The molecule has 162 valence electrons. The second-order valence-corrected chi connectivity index (χ2v) is 8.88. The van der Waals surface area contributed by atoms with Gasteiger partial charge >= 0.3 is 0 Å². The van der Waals surface area contributed by atoms with E-state index in [-0.39, 0.29) is 41.6 Å². The Bertz CT molecular complexity index is 725. The van der Waals surface area contributed by atoms with Crippen molar-refractivity contribution in [2.45, 2.75) is 46.7 Å². The van der Waals surface area contributed by atoms with Crippen LogP contribution in [0.3, 0.4) is 0 Å². The normalized spacial score (nSPS) is 12.9. The molecule has 2 N–H and O–H groups in total. The van der Waals surface area contributed by atoms with Gasteiger partial charge in [-0.15, -0.1) is 24.0 Å². The summed E-state index contributed by atoms with van der Waals surface area (Å²) in [7, 11) is -2.99. The summed E-state index contributed by atoms with van der Waals surface area (Å²) in [4.78, 5) is 6.46. The molecule has 6 nitrogen and oxygen atoms in total. The van der Waals surface area contributed by atoms with Crippen molar-refractivity contribution in [1.82, 2.24) is 10.6 Å². The number of nitrogens with zero attached hydrogens (tertiary/aromatic N) is 2. The first-order valence-electron chi connectivity index (χ1n) is 9.46. The first kappa shape index (κ1) is 26.9. The molecule has 0 saturated heterocycles. The van der Waals surface area contributed by atoms with Crippen LogP contribution in [0, 0.1) is 5.82 Å². The lowest BCUT2D eigenvalue weighted by atomic mass is 10.2. The first-order chi connectivity index (χ1) is 12.7. The monoisotopic (exact) mass is 528 g/mol. The maximum Gasteiger partial charge on any atom is 0.191 e. The maximum atomic E-state index is 14.4. The summed E-state index contributed by atoms with van der Waals surface area (Å²) in [5.74, 6) is 0.469. The van der Waals surface area contributed by atoms with Gasteiger partial charge < -0.3 is 15.5 Å². The molecule has 1 aromatic rings. The fourth-order valence-electron chi connectivity index (χ4n) is 2.66. The van der Waals surface area contributed by atoms with Crippen LogP contribution in [-0.2, 0) is 16.4 Å². The highest BCUT2D eigenvalue weighted by molar-refractivity contribution is 14.0. The summed E-state index contributed by atoms with van der Waals surface area (Å²) in [6.07, 6.45) is 1.73. The van der Waals surface area contributed by atoms with Gasteiger partial charge in [0.05, 0.1) is 18.0 Å². The van der Waals surface area contributed by atoms with Gasteiger partial charge in [0.25, 0.3) is 0 Å². The van der Waals surface area contributed by atoms with Crippen molar-refractivity contribution in [3.63, 3.8) is 0 Å². The quantitative estimate of drug-likeness (QED) is 0.277. The summed E-state index contributed by atoms with van der Waals surface area (Å²) in [6, 6.07) is 5.16. The van der Waals surface area contributed by atoms with Crippen LogP contribution in [-0.4, -0.2) is 52.1 Å². The highest BCUT2D eigenvalue weighted by Gasteiger charge is 2.11. The number of aliphatic imine (C=N–C) groups is 1. The highest BCUT2D eigenvalue weighted by Crippen LogP contribution is 2.20. The molecule has 1 aromatic carbocycles. The molecule has 9 heteroatoms. The third-order valence-electron chi connectivity index (χ3n) is 4.18. The minimum atomic E-state index is -2.99. The standard InChI is InChI=1S/C19H33FN4O2S.HI/c1-6-21-19(23-15(4)11-12-27(5,25)26)22-14-16-9-10-18(17(20)13-16)24(7-2)8-3;/h9-10,13,15H,6-8,11-12,14H2,1-5H3,(H2,21,22,23);1H. The second-order valence-electron chi connectivity index (χ2n) is 6.62. The van der Waals surface area contributed by atoms with Gasteiger partial charge in [-0.25, -0.2) is 17.8 Å². The van der Waals surface area contributed by atoms with Crippen LogP contribution < -0.4 is 15.5 Å². The molecule has 0 saturated carbocycles. The Morgan fingerprint density at radius 3 is 2.39 bits per heavy atom. The van der Waals surface area contributed by atoms with E-state index in [4.69, 9.17) is 0 Å². The van der Waals surface area contributed by atoms with Crippen molar-refractivity contribution in [2.24, 2.45) is 4.99 Å². The predicted octanol–water partition coefficient (Wildman–Crippen LogP) is 3.17. The Labute approximate surface area is 186 Å². The molecule has 1 rings (SSSR count). The van der Waals surface area contributed by atoms with E-state index in [1.165, 1.54) is 12.3 Å². The summed E-state index contributed by atoms with van der Waals surface area (Å²) in [5.41, 5.74) is 1.39. The summed E-state index contributed by atoms with van der Waals surface area (Å²) in [6.45, 7) is 10.4. The Kier molecular flexibility index (Phi) is 12.7. The van der Waals surface area contributed by atoms with Crippen molar-refractivity contribution in [3.8, 4) is 0 Å². The van der Waals surface area contributed by atoms with E-state index in [0.717, 1.165) is 18.7 Å². The van der Waals surface area contributed by atoms with Gasteiger partial charge in [-0.05, 0) is 51.8 Å². The predicted molar refractivity (Wildman–Crippen MR) is 127 cm³/mol. The molecule has 0 aliphatic carbocycles. The molecule has 28 heavy (non-hydrogen) atoms. The number of hydrogen-bond donors (Lipinski definition) is 2. The van der Waals surface area contributed by atoms with Crippen LogP contribution in [0.15, 0.2) is 23.2 Å². The molecule has 0 aliphatic rings. The topological polar surface area (TPSA) is 73.8 Å². The lowest BCUT2D eigenvalue weighted by Gasteiger charge is -2.22. The van der Waals surface area contributed by atoms with Gasteiger partial charge in [-0.2, -0.15) is 0 Å². The van der Waals surface area contributed by atoms with E-state index in [9.17, 15) is 12.8 Å². The number of benzene rings is 1. The number of hydrogen-bond acceptors (Lipinski definition) is 4. The molecule has 0 heterocycles. The molecular formula is C19H34FIN4O2S. The minimum absolute atomic E-state index is 0. The molecule has 1 atom stereocenters. The van der Waals surface area contributed by atoms with Crippen molar-refractivity contribution < 1.29 is 12.8 Å². The number of guanidine groups is 1. The van der Waals surface area contributed by atoms with Crippen LogP contribution in [0.25, 0.3) is 0 Å². The molecule has 0 radical (unpaired) electrons. The van der Waals surface area contributed by atoms with Crippen LogP contribution in [0.1, 0.15) is 39.7 Å². The van der Waals surface area contributed by atoms with Crippen molar-refractivity contribution in [2.75, 3.05) is 36.5 Å². The summed E-state index contributed by atoms with van der Waals surface area (Å²) < 4.78 is 37.0. The van der Waals surface area contributed by atoms with E-state index in [2.05, 4.69) is 15.6 Å². The summed E-state index contributed by atoms with van der Waals surface area (Å²) >= 11 is 0. The van der Waals surface area contributed by atoms with Gasteiger partial charge in [0.2, 0.25) is 0 Å².